The zero-order valence-corrected chi connectivity index (χ0v) is 16.9. The first-order valence-electron chi connectivity index (χ1n) is 9.41. The van der Waals surface area contributed by atoms with Gasteiger partial charge >= 0.3 is 0 Å². The van der Waals surface area contributed by atoms with Crippen molar-refractivity contribution >= 4 is 29.1 Å². The Balaban J connectivity index is 1.44. The van der Waals surface area contributed by atoms with Gasteiger partial charge in [-0.05, 0) is 19.1 Å². The lowest BCUT2D eigenvalue weighted by Gasteiger charge is -2.33. The zero-order valence-electron chi connectivity index (χ0n) is 16.1. The fourth-order valence-corrected chi connectivity index (χ4v) is 3.95. The zero-order chi connectivity index (χ0) is 21.9. The van der Waals surface area contributed by atoms with Crippen LogP contribution < -0.4 is 10.7 Å². The van der Waals surface area contributed by atoms with Gasteiger partial charge in [-0.25, -0.2) is 0 Å². The summed E-state index contributed by atoms with van der Waals surface area (Å²) in [7, 11) is 0. The molecule has 0 aliphatic carbocycles. The number of aromatic nitrogens is 5. The van der Waals surface area contributed by atoms with E-state index in [0.29, 0.717) is 18.1 Å². The Hall–Kier alpha value is -3.51. The molecule has 2 aliphatic rings. The number of amides is 2. The quantitative estimate of drug-likeness (QED) is 0.562. The Morgan fingerprint density at radius 2 is 2.16 bits per heavy atom. The highest BCUT2D eigenvalue weighted by Gasteiger charge is 2.42. The number of nitrogens with zero attached hydrogens (tertiary/aromatic N) is 6. The first-order valence-corrected chi connectivity index (χ1v) is 9.78. The van der Waals surface area contributed by atoms with E-state index in [1.807, 2.05) is 6.92 Å². The minimum Gasteiger partial charge on any atom is -0.503 e. The number of rotatable bonds is 3. The topological polar surface area (TPSA) is 144 Å². The van der Waals surface area contributed by atoms with E-state index in [-0.39, 0.29) is 35.5 Å². The number of pyridine rings is 1. The van der Waals surface area contributed by atoms with Crippen LogP contribution in [0.1, 0.15) is 33.6 Å². The Kier molecular flexibility index (Phi) is 4.41. The van der Waals surface area contributed by atoms with Crippen LogP contribution in [0.5, 0.6) is 5.75 Å². The van der Waals surface area contributed by atoms with Crippen molar-refractivity contribution in [3.05, 3.63) is 50.8 Å². The Labute approximate surface area is 179 Å². The number of ether oxygens (including phenoxy) is 1. The molecule has 2 aliphatic heterocycles. The van der Waals surface area contributed by atoms with Crippen LogP contribution in [0, 0.1) is 0 Å². The summed E-state index contributed by atoms with van der Waals surface area (Å²) in [5, 5.41) is 25.1. The van der Waals surface area contributed by atoms with Gasteiger partial charge in [-0.2, -0.15) is 9.61 Å². The van der Waals surface area contributed by atoms with Crippen molar-refractivity contribution in [1.82, 2.24) is 34.6 Å². The molecule has 5 heterocycles. The molecule has 2 amide bonds. The average Bonchev–Trinajstić information content (AvgIpc) is 3.31. The maximum Gasteiger partial charge on any atom is 0.276 e. The summed E-state index contributed by atoms with van der Waals surface area (Å²) >= 11 is 5.88. The summed E-state index contributed by atoms with van der Waals surface area (Å²) in [6.07, 6.45) is 0.733. The summed E-state index contributed by atoms with van der Waals surface area (Å²) in [4.78, 5) is 39.6. The molecule has 13 heteroatoms. The van der Waals surface area contributed by atoms with E-state index in [0.717, 1.165) is 0 Å². The SMILES string of the molecule is C[C@H]1CO[C@@H]2Cn3cc(C(=O)NCc4nnc5ccc(Cl)nn45)c(=O)c(O)c3C(=O)N12. The molecule has 0 aromatic carbocycles. The predicted molar refractivity (Wildman–Crippen MR) is 105 cm³/mol. The smallest absolute Gasteiger partial charge is 0.276 e. The molecule has 12 nitrogen and oxygen atoms in total. The van der Waals surface area contributed by atoms with E-state index in [4.69, 9.17) is 16.3 Å². The van der Waals surface area contributed by atoms with Gasteiger partial charge in [0.1, 0.15) is 10.7 Å². The molecule has 0 radical (unpaired) electrons. The number of hydrogen-bond acceptors (Lipinski definition) is 8. The van der Waals surface area contributed by atoms with Gasteiger partial charge in [-0.15, -0.1) is 10.2 Å². The third-order valence-electron chi connectivity index (χ3n) is 5.31. The summed E-state index contributed by atoms with van der Waals surface area (Å²) in [6, 6.07) is 3.00. The summed E-state index contributed by atoms with van der Waals surface area (Å²) in [5.74, 6) is -1.73. The van der Waals surface area contributed by atoms with Crippen molar-refractivity contribution < 1.29 is 19.4 Å². The van der Waals surface area contributed by atoms with E-state index >= 15 is 0 Å². The van der Waals surface area contributed by atoms with E-state index in [2.05, 4.69) is 20.6 Å². The number of nitrogens with one attached hydrogen (secondary N) is 1. The van der Waals surface area contributed by atoms with Crippen LogP contribution in [0.4, 0.5) is 0 Å². The van der Waals surface area contributed by atoms with Crippen molar-refractivity contribution in [3.63, 3.8) is 0 Å². The van der Waals surface area contributed by atoms with Gasteiger partial charge in [-0.1, -0.05) is 11.6 Å². The molecular weight excluding hydrogens is 430 g/mol. The second-order valence-electron chi connectivity index (χ2n) is 7.30. The largest absolute Gasteiger partial charge is 0.503 e. The Morgan fingerprint density at radius 1 is 1.35 bits per heavy atom. The number of fused-ring (bicyclic) bond motifs is 3. The van der Waals surface area contributed by atoms with Gasteiger partial charge in [0.2, 0.25) is 5.43 Å². The van der Waals surface area contributed by atoms with Gasteiger partial charge in [-0.3, -0.25) is 14.4 Å². The fourth-order valence-electron chi connectivity index (χ4n) is 3.81. The van der Waals surface area contributed by atoms with Gasteiger partial charge in [0, 0.05) is 6.20 Å². The monoisotopic (exact) mass is 445 g/mol. The molecule has 160 valence electrons. The molecule has 1 saturated heterocycles. The van der Waals surface area contributed by atoms with Crippen LogP contribution in [-0.2, 0) is 17.8 Å². The van der Waals surface area contributed by atoms with Crippen LogP contribution in [-0.4, -0.2) is 65.1 Å². The minimum absolute atomic E-state index is 0.0920. The second kappa shape index (κ2) is 7.03. The number of halogens is 1. The van der Waals surface area contributed by atoms with E-state index in [9.17, 15) is 19.5 Å². The van der Waals surface area contributed by atoms with Crippen molar-refractivity contribution in [2.75, 3.05) is 6.61 Å². The lowest BCUT2D eigenvalue weighted by atomic mass is 10.1. The summed E-state index contributed by atoms with van der Waals surface area (Å²) < 4.78 is 8.34. The molecule has 31 heavy (non-hydrogen) atoms. The highest BCUT2D eigenvalue weighted by atomic mass is 35.5. The van der Waals surface area contributed by atoms with Crippen LogP contribution in [0.2, 0.25) is 5.15 Å². The second-order valence-corrected chi connectivity index (χ2v) is 7.68. The first-order chi connectivity index (χ1) is 14.8. The van der Waals surface area contributed by atoms with E-state index < -0.39 is 29.2 Å². The van der Waals surface area contributed by atoms with Gasteiger partial charge < -0.3 is 24.6 Å². The maximum absolute atomic E-state index is 12.8. The maximum atomic E-state index is 12.8. The van der Waals surface area contributed by atoms with E-state index in [1.54, 1.807) is 12.1 Å². The Morgan fingerprint density at radius 3 is 2.97 bits per heavy atom. The van der Waals surface area contributed by atoms with Crippen molar-refractivity contribution in [2.24, 2.45) is 0 Å². The first kappa shape index (κ1) is 19.5. The van der Waals surface area contributed by atoms with Crippen LogP contribution in [0.15, 0.2) is 23.1 Å². The molecule has 0 spiro atoms. The molecule has 2 atom stereocenters. The number of aromatic hydroxyl groups is 1. The van der Waals surface area contributed by atoms with Crippen molar-refractivity contribution in [1.29, 1.82) is 0 Å². The Bertz CT molecular complexity index is 1300. The van der Waals surface area contributed by atoms with Crippen LogP contribution in [0.3, 0.4) is 0 Å². The third kappa shape index (κ3) is 3.02. The number of carbonyl (C=O) groups is 2. The predicted octanol–water partition coefficient (Wildman–Crippen LogP) is -0.224. The van der Waals surface area contributed by atoms with E-state index in [1.165, 1.54) is 20.2 Å². The molecule has 0 unspecified atom stereocenters. The normalized spacial score (nSPS) is 20.1. The lowest BCUT2D eigenvalue weighted by molar-refractivity contribution is 0.00624. The minimum atomic E-state index is -0.935. The summed E-state index contributed by atoms with van der Waals surface area (Å²) in [5.41, 5.74) is -0.963. The highest BCUT2D eigenvalue weighted by Crippen LogP contribution is 2.29. The highest BCUT2D eigenvalue weighted by molar-refractivity contribution is 6.29. The number of hydrogen-bond donors (Lipinski definition) is 2. The molecule has 3 aromatic heterocycles. The van der Waals surface area contributed by atoms with Gasteiger partial charge in [0.25, 0.3) is 11.8 Å². The third-order valence-corrected chi connectivity index (χ3v) is 5.51. The molecule has 1 fully saturated rings. The van der Waals surface area contributed by atoms with Crippen LogP contribution in [0.25, 0.3) is 5.65 Å². The van der Waals surface area contributed by atoms with Gasteiger partial charge in [0.05, 0.1) is 25.7 Å². The fraction of sp³-hybridized carbons (Fsp3) is 0.333. The standard InChI is InChI=1S/C18H16ClN7O5/c1-8-7-31-13-6-24-5-9(15(27)16(28)14(24)18(30)25(8)13)17(29)20-4-12-22-21-11-3-2-10(19)23-26(11)12/h2-3,5,8,13,28H,4,6-7H2,1H3,(H,20,29)/t8-,13+/m0/s1. The molecule has 2 N–H and O–H groups in total. The lowest BCUT2D eigenvalue weighted by Crippen LogP contribution is -2.49. The summed E-state index contributed by atoms with van der Waals surface area (Å²) in [6.45, 7) is 2.27. The molecule has 0 saturated carbocycles. The molecule has 5 rings (SSSR count). The number of carbonyl (C=O) groups excluding carboxylic acids is 2. The van der Waals surface area contributed by atoms with Crippen molar-refractivity contribution in [3.8, 4) is 5.75 Å². The van der Waals surface area contributed by atoms with Gasteiger partial charge in [0.15, 0.2) is 29.1 Å². The molecule has 0 bridgehead atoms. The average molecular weight is 446 g/mol. The molecule has 3 aromatic rings. The van der Waals surface area contributed by atoms with Crippen molar-refractivity contribution in [2.45, 2.75) is 32.3 Å². The molecular formula is C18H16ClN7O5. The van der Waals surface area contributed by atoms with Crippen LogP contribution >= 0.6 is 11.6 Å².